The average molecular weight is 216 g/mol. The van der Waals surface area contributed by atoms with Gasteiger partial charge in [0.25, 0.3) is 0 Å². The van der Waals surface area contributed by atoms with Gasteiger partial charge in [0, 0.05) is 14.2 Å². The normalized spacial score (nSPS) is 11.2. The predicted molar refractivity (Wildman–Crippen MR) is 59.3 cm³/mol. The van der Waals surface area contributed by atoms with Crippen molar-refractivity contribution in [2.75, 3.05) is 14.2 Å². The van der Waals surface area contributed by atoms with Crippen molar-refractivity contribution in [1.29, 1.82) is 0 Å². The van der Waals surface area contributed by atoms with Gasteiger partial charge < -0.3 is 8.85 Å². The number of hydrogen-bond donors (Lipinski definition) is 0. The van der Waals surface area contributed by atoms with Crippen molar-refractivity contribution in [1.82, 2.24) is 0 Å². The van der Waals surface area contributed by atoms with Gasteiger partial charge in [-0.25, -0.2) is 0 Å². The standard InChI is InChI=1S/C10H20O3Si/c1-6-7-14(12-4,13-5)10(11)8-9(2)3/h8H,6-7H2,1-5H3. The van der Waals surface area contributed by atoms with Crippen LogP contribution in [0.1, 0.15) is 27.2 Å². The highest BCUT2D eigenvalue weighted by atomic mass is 28.4. The van der Waals surface area contributed by atoms with Crippen molar-refractivity contribution >= 4 is 14.0 Å². The molecule has 0 saturated heterocycles. The zero-order valence-electron chi connectivity index (χ0n) is 9.72. The summed E-state index contributed by atoms with van der Waals surface area (Å²) in [5.41, 5.74) is 0.983. The van der Waals surface area contributed by atoms with Gasteiger partial charge >= 0.3 is 8.56 Å². The van der Waals surface area contributed by atoms with Crippen LogP contribution < -0.4 is 0 Å². The molecule has 0 fully saturated rings. The minimum Gasteiger partial charge on any atom is -0.393 e. The molecule has 0 atom stereocenters. The molecule has 0 unspecified atom stereocenters. The summed E-state index contributed by atoms with van der Waals surface area (Å²) in [6.07, 6.45) is 2.52. The van der Waals surface area contributed by atoms with E-state index in [4.69, 9.17) is 8.85 Å². The fourth-order valence-electron chi connectivity index (χ4n) is 1.31. The summed E-state index contributed by atoms with van der Waals surface area (Å²) in [6.45, 7) is 5.82. The van der Waals surface area contributed by atoms with Crippen molar-refractivity contribution < 1.29 is 13.6 Å². The Balaban J connectivity index is 4.79. The van der Waals surface area contributed by atoms with Gasteiger partial charge in [-0.05, 0) is 26.0 Å². The lowest BCUT2D eigenvalue weighted by molar-refractivity contribution is -0.111. The van der Waals surface area contributed by atoms with Crippen molar-refractivity contribution in [3.8, 4) is 0 Å². The molecular weight excluding hydrogens is 196 g/mol. The molecule has 0 aliphatic heterocycles. The molecule has 0 bridgehead atoms. The Kier molecular flexibility index (Phi) is 5.91. The van der Waals surface area contributed by atoms with Gasteiger partial charge in [-0.1, -0.05) is 18.9 Å². The zero-order valence-corrected chi connectivity index (χ0v) is 10.7. The number of carbonyl (C=O) groups excluding carboxylic acids is 1. The Morgan fingerprint density at radius 1 is 1.29 bits per heavy atom. The molecule has 0 amide bonds. The topological polar surface area (TPSA) is 35.5 Å². The van der Waals surface area contributed by atoms with Crippen LogP contribution in [0.3, 0.4) is 0 Å². The summed E-state index contributed by atoms with van der Waals surface area (Å²) < 4.78 is 10.6. The van der Waals surface area contributed by atoms with E-state index >= 15 is 0 Å². The first-order valence-corrected chi connectivity index (χ1v) is 6.84. The molecule has 0 aromatic carbocycles. The molecule has 82 valence electrons. The fourth-order valence-corrected chi connectivity index (χ4v) is 3.70. The Bertz CT molecular complexity index is 215. The van der Waals surface area contributed by atoms with Crippen molar-refractivity contribution in [3.05, 3.63) is 11.6 Å². The van der Waals surface area contributed by atoms with Gasteiger partial charge in [0.05, 0.1) is 0 Å². The largest absolute Gasteiger partial charge is 0.414 e. The van der Waals surface area contributed by atoms with Gasteiger partial charge in [-0.2, -0.15) is 0 Å². The van der Waals surface area contributed by atoms with Crippen LogP contribution in [-0.2, 0) is 13.6 Å². The number of rotatable bonds is 6. The zero-order chi connectivity index (χ0) is 11.2. The van der Waals surface area contributed by atoms with Crippen molar-refractivity contribution in [2.45, 2.75) is 33.2 Å². The molecule has 4 heteroatoms. The van der Waals surface area contributed by atoms with E-state index in [0.717, 1.165) is 12.0 Å². The molecule has 0 spiro atoms. The summed E-state index contributed by atoms with van der Waals surface area (Å²) in [7, 11) is 0.490. The first-order chi connectivity index (χ1) is 6.52. The Morgan fingerprint density at radius 2 is 1.79 bits per heavy atom. The summed E-state index contributed by atoms with van der Waals surface area (Å²) >= 11 is 0. The van der Waals surface area contributed by atoms with E-state index in [1.165, 1.54) is 0 Å². The highest BCUT2D eigenvalue weighted by molar-refractivity contribution is 6.98. The van der Waals surface area contributed by atoms with E-state index < -0.39 is 8.56 Å². The summed E-state index contributed by atoms with van der Waals surface area (Å²) in [5, 5.41) is 0.0179. The van der Waals surface area contributed by atoms with Crippen LogP contribution in [-0.4, -0.2) is 28.2 Å². The molecule has 0 aromatic rings. The Labute approximate surface area is 87.4 Å². The van der Waals surface area contributed by atoms with Crippen LogP contribution in [0.4, 0.5) is 0 Å². The maximum atomic E-state index is 11.9. The minimum atomic E-state index is -2.62. The highest BCUT2D eigenvalue weighted by Gasteiger charge is 2.42. The second kappa shape index (κ2) is 6.11. The average Bonchev–Trinajstić information content (AvgIpc) is 2.13. The molecule has 0 aromatic heterocycles. The van der Waals surface area contributed by atoms with E-state index in [2.05, 4.69) is 0 Å². The second-order valence-corrected chi connectivity index (χ2v) is 6.81. The smallest absolute Gasteiger partial charge is 0.393 e. The lowest BCUT2D eigenvalue weighted by atomic mass is 10.3. The third-order valence-corrected chi connectivity index (χ3v) is 5.41. The second-order valence-electron chi connectivity index (χ2n) is 3.50. The Hall–Kier alpha value is -0.453. The van der Waals surface area contributed by atoms with E-state index in [-0.39, 0.29) is 5.41 Å². The van der Waals surface area contributed by atoms with E-state index in [1.54, 1.807) is 20.3 Å². The maximum Gasteiger partial charge on any atom is 0.414 e. The minimum absolute atomic E-state index is 0.0179. The molecule has 0 rings (SSSR count). The number of allylic oxidation sites excluding steroid dienone is 2. The van der Waals surface area contributed by atoms with Crippen LogP contribution in [0.15, 0.2) is 11.6 Å². The quantitative estimate of drug-likeness (QED) is 0.504. The number of carbonyl (C=O) groups is 1. The third kappa shape index (κ3) is 3.36. The van der Waals surface area contributed by atoms with E-state index in [9.17, 15) is 4.79 Å². The van der Waals surface area contributed by atoms with Crippen LogP contribution in [0, 0.1) is 0 Å². The lowest BCUT2D eigenvalue weighted by Crippen LogP contribution is -2.48. The molecule has 0 radical (unpaired) electrons. The molecule has 0 N–H and O–H groups in total. The van der Waals surface area contributed by atoms with Crippen LogP contribution in [0.5, 0.6) is 0 Å². The molecule has 0 heterocycles. The summed E-state index contributed by atoms with van der Waals surface area (Å²) in [6, 6.07) is 0.711. The monoisotopic (exact) mass is 216 g/mol. The maximum absolute atomic E-state index is 11.9. The van der Waals surface area contributed by atoms with Gasteiger partial charge in [-0.3, -0.25) is 4.79 Å². The summed E-state index contributed by atoms with van der Waals surface area (Å²) in [5.74, 6) is 0. The first-order valence-electron chi connectivity index (χ1n) is 4.82. The molecule has 14 heavy (non-hydrogen) atoms. The fraction of sp³-hybridized carbons (Fsp3) is 0.700. The SMILES string of the molecule is CCC[Si](OC)(OC)C(=O)C=C(C)C. The van der Waals surface area contributed by atoms with Crippen LogP contribution >= 0.6 is 0 Å². The lowest BCUT2D eigenvalue weighted by Gasteiger charge is -2.23. The van der Waals surface area contributed by atoms with E-state index in [0.29, 0.717) is 6.04 Å². The number of hydrogen-bond acceptors (Lipinski definition) is 3. The van der Waals surface area contributed by atoms with Crippen LogP contribution in [0.25, 0.3) is 0 Å². The van der Waals surface area contributed by atoms with Gasteiger partial charge in [-0.15, -0.1) is 0 Å². The van der Waals surface area contributed by atoms with Gasteiger partial charge in [0.2, 0.25) is 0 Å². The molecule has 3 nitrogen and oxygen atoms in total. The van der Waals surface area contributed by atoms with Crippen molar-refractivity contribution in [3.63, 3.8) is 0 Å². The van der Waals surface area contributed by atoms with Gasteiger partial charge in [0.15, 0.2) is 5.41 Å². The third-order valence-electron chi connectivity index (χ3n) is 2.03. The van der Waals surface area contributed by atoms with Crippen molar-refractivity contribution in [2.24, 2.45) is 0 Å². The van der Waals surface area contributed by atoms with Crippen LogP contribution in [0.2, 0.25) is 6.04 Å². The van der Waals surface area contributed by atoms with E-state index in [1.807, 2.05) is 20.8 Å². The summed E-state index contributed by atoms with van der Waals surface area (Å²) in [4.78, 5) is 11.9. The Morgan fingerprint density at radius 3 is 2.07 bits per heavy atom. The molecule has 0 saturated carbocycles. The first kappa shape index (κ1) is 13.5. The molecule has 0 aliphatic carbocycles. The van der Waals surface area contributed by atoms with Gasteiger partial charge in [0.1, 0.15) is 0 Å². The molecule has 0 aliphatic rings. The highest BCUT2D eigenvalue weighted by Crippen LogP contribution is 2.16. The predicted octanol–water partition coefficient (Wildman–Crippen LogP) is 2.21. The molecular formula is C10H20O3Si.